The molecule has 1 aromatic heterocycles. The first kappa shape index (κ1) is 25.2. The first-order chi connectivity index (χ1) is 17.7. The summed E-state index contributed by atoms with van der Waals surface area (Å²) in [4.78, 5) is 12.8. The van der Waals surface area contributed by atoms with Crippen molar-refractivity contribution in [2.24, 2.45) is 0 Å². The third-order valence-electron chi connectivity index (χ3n) is 6.66. The van der Waals surface area contributed by atoms with Crippen LogP contribution in [0.5, 0.6) is 0 Å². The molecular formula is C32H26NNaO3. The smallest absolute Gasteiger partial charge is 0.441 e. The monoisotopic (exact) mass is 495 g/mol. The predicted molar refractivity (Wildman–Crippen MR) is 144 cm³/mol. The molecule has 1 aliphatic carbocycles. The van der Waals surface area contributed by atoms with Crippen LogP contribution in [-0.4, -0.2) is 6.09 Å². The maximum atomic E-state index is 12.8. The average molecular weight is 496 g/mol. The first-order valence-corrected chi connectivity index (χ1v) is 12.3. The summed E-state index contributed by atoms with van der Waals surface area (Å²) in [5, 5.41) is 3.77. The van der Waals surface area contributed by atoms with Crippen molar-refractivity contribution in [3.05, 3.63) is 120 Å². The predicted octanol–water partition coefficient (Wildman–Crippen LogP) is 5.80. The molecule has 0 unspecified atom stereocenters. The SMILES string of the molecule is C[C@@H](OC(=O)Nc1oc2ccccc2c1-c1ccc(-c2ccc([C-]3CC3)cc2)cc1)c1ccccc1.[Na+]. The number of fused-ring (bicyclic) bond motifs is 1. The van der Waals surface area contributed by atoms with Crippen molar-refractivity contribution < 1.29 is 43.5 Å². The Balaban J connectivity index is 0.00000280. The quantitative estimate of drug-likeness (QED) is 0.239. The van der Waals surface area contributed by atoms with E-state index in [0.29, 0.717) is 11.5 Å². The van der Waals surface area contributed by atoms with Gasteiger partial charge in [0.15, 0.2) is 0 Å². The van der Waals surface area contributed by atoms with Crippen molar-refractivity contribution in [1.29, 1.82) is 0 Å². The fourth-order valence-corrected chi connectivity index (χ4v) is 4.57. The van der Waals surface area contributed by atoms with Crippen LogP contribution in [0.1, 0.15) is 37.0 Å². The Bertz CT molecular complexity index is 1500. The van der Waals surface area contributed by atoms with Crippen LogP contribution in [0, 0.1) is 5.92 Å². The number of para-hydroxylation sites is 1. The number of carbonyl (C=O) groups excluding carboxylic acids is 1. The van der Waals surface area contributed by atoms with E-state index < -0.39 is 6.09 Å². The Labute approximate surface area is 239 Å². The zero-order valence-electron chi connectivity index (χ0n) is 21.0. The van der Waals surface area contributed by atoms with Crippen molar-refractivity contribution in [1.82, 2.24) is 0 Å². The molecule has 1 aliphatic rings. The third-order valence-corrected chi connectivity index (χ3v) is 6.66. The van der Waals surface area contributed by atoms with Crippen LogP contribution < -0.4 is 34.9 Å². The Hall–Kier alpha value is -3.44. The molecule has 1 N–H and O–H groups in total. The minimum atomic E-state index is -0.558. The van der Waals surface area contributed by atoms with Gasteiger partial charge in [-0.15, -0.1) is 12.1 Å². The van der Waals surface area contributed by atoms with Gasteiger partial charge in [-0.3, -0.25) is 5.32 Å². The molecule has 1 heterocycles. The summed E-state index contributed by atoms with van der Waals surface area (Å²) in [5.41, 5.74) is 7.10. The number of amides is 1. The number of rotatable bonds is 6. The summed E-state index contributed by atoms with van der Waals surface area (Å²) in [6.07, 6.45) is 1.50. The normalized spacial score (nSPS) is 13.1. The van der Waals surface area contributed by atoms with E-state index >= 15 is 0 Å². The molecule has 1 fully saturated rings. The molecule has 5 heteroatoms. The number of anilines is 1. The van der Waals surface area contributed by atoms with Crippen molar-refractivity contribution >= 4 is 22.9 Å². The maximum Gasteiger partial charge on any atom is 1.00 e. The Kier molecular flexibility index (Phi) is 7.43. The van der Waals surface area contributed by atoms with Crippen molar-refractivity contribution in [3.8, 4) is 22.3 Å². The molecule has 0 saturated heterocycles. The van der Waals surface area contributed by atoms with Crippen LogP contribution in [0.15, 0.2) is 108 Å². The zero-order chi connectivity index (χ0) is 24.5. The molecule has 178 valence electrons. The Morgan fingerprint density at radius 3 is 2.08 bits per heavy atom. The topological polar surface area (TPSA) is 51.5 Å². The Morgan fingerprint density at radius 1 is 0.811 bits per heavy atom. The van der Waals surface area contributed by atoms with Gasteiger partial charge in [-0.25, -0.2) is 4.79 Å². The average Bonchev–Trinajstić information content (AvgIpc) is 3.71. The number of ether oxygens (including phenoxy) is 1. The van der Waals surface area contributed by atoms with Crippen molar-refractivity contribution in [2.45, 2.75) is 25.9 Å². The molecule has 0 bridgehead atoms. The third kappa shape index (κ3) is 5.47. The van der Waals surface area contributed by atoms with Crippen LogP contribution in [-0.2, 0) is 4.74 Å². The second-order valence-electron chi connectivity index (χ2n) is 9.14. The van der Waals surface area contributed by atoms with E-state index in [0.717, 1.165) is 27.6 Å². The van der Waals surface area contributed by atoms with E-state index in [9.17, 15) is 4.79 Å². The summed E-state index contributed by atoms with van der Waals surface area (Å²) in [7, 11) is 0. The number of nitrogens with one attached hydrogen (secondary N) is 1. The number of benzene rings is 4. The molecule has 4 nitrogen and oxygen atoms in total. The van der Waals surface area contributed by atoms with Gasteiger partial charge in [-0.1, -0.05) is 85.6 Å². The molecule has 4 aromatic carbocycles. The molecule has 0 spiro atoms. The van der Waals surface area contributed by atoms with E-state index in [1.807, 2.05) is 61.5 Å². The van der Waals surface area contributed by atoms with Crippen LogP contribution in [0.25, 0.3) is 33.2 Å². The zero-order valence-corrected chi connectivity index (χ0v) is 23.0. The molecular weight excluding hydrogens is 469 g/mol. The minimum absolute atomic E-state index is 0. The van der Waals surface area contributed by atoms with Gasteiger partial charge in [-0.2, -0.15) is 23.6 Å². The molecule has 37 heavy (non-hydrogen) atoms. The first-order valence-electron chi connectivity index (χ1n) is 12.3. The molecule has 6 rings (SSSR count). The molecule has 0 radical (unpaired) electrons. The van der Waals surface area contributed by atoms with Crippen LogP contribution in [0.2, 0.25) is 0 Å². The summed E-state index contributed by atoms with van der Waals surface area (Å²) in [6.45, 7) is 1.85. The largest absolute Gasteiger partial charge is 1.00 e. The number of hydrogen-bond donors (Lipinski definition) is 1. The van der Waals surface area contributed by atoms with Gasteiger partial charge in [0.1, 0.15) is 11.7 Å². The Morgan fingerprint density at radius 2 is 1.41 bits per heavy atom. The van der Waals surface area contributed by atoms with E-state index in [2.05, 4.69) is 53.8 Å². The second kappa shape index (κ2) is 10.9. The van der Waals surface area contributed by atoms with Gasteiger partial charge in [0.05, 0.1) is 5.56 Å². The fourth-order valence-electron chi connectivity index (χ4n) is 4.57. The van der Waals surface area contributed by atoms with Gasteiger partial charge in [0.2, 0.25) is 5.88 Å². The number of hydrogen-bond acceptors (Lipinski definition) is 3. The van der Waals surface area contributed by atoms with E-state index in [4.69, 9.17) is 9.15 Å². The standard InChI is InChI=1S/C32H26NO3.Na/c1-21(22-7-3-2-4-8-22)35-32(34)33-31-30(28-9-5-6-10-29(28)36-31)27-19-17-26(18-20-27)25-15-13-24(14-16-25)23-11-12-23;/h2-10,13-21H,11-12H2,1H3,(H,33,34);/q-1;+1/t21-;/m1./s1. The number of carbonyl (C=O) groups is 1. The van der Waals surface area contributed by atoms with E-state index in [1.54, 1.807) is 5.92 Å². The molecule has 5 aromatic rings. The molecule has 1 atom stereocenters. The van der Waals surface area contributed by atoms with Crippen molar-refractivity contribution in [2.75, 3.05) is 5.32 Å². The van der Waals surface area contributed by atoms with E-state index in [1.165, 1.54) is 24.0 Å². The van der Waals surface area contributed by atoms with Gasteiger partial charge in [0.25, 0.3) is 0 Å². The van der Waals surface area contributed by atoms with Gasteiger partial charge < -0.3 is 9.15 Å². The van der Waals surface area contributed by atoms with Crippen LogP contribution in [0.4, 0.5) is 10.7 Å². The van der Waals surface area contributed by atoms with Crippen molar-refractivity contribution in [3.63, 3.8) is 0 Å². The molecule has 0 aliphatic heterocycles. The number of furan rings is 1. The van der Waals surface area contributed by atoms with Gasteiger partial charge in [0, 0.05) is 5.39 Å². The second-order valence-corrected chi connectivity index (χ2v) is 9.14. The summed E-state index contributed by atoms with van der Waals surface area (Å²) in [5.74, 6) is 1.92. The fraction of sp³-hybridized carbons (Fsp3) is 0.125. The van der Waals surface area contributed by atoms with E-state index in [-0.39, 0.29) is 35.7 Å². The molecule has 1 amide bonds. The summed E-state index contributed by atoms with van der Waals surface area (Å²) >= 11 is 0. The maximum absolute atomic E-state index is 12.8. The minimum Gasteiger partial charge on any atom is -0.441 e. The van der Waals surface area contributed by atoms with Crippen LogP contribution >= 0.6 is 0 Å². The van der Waals surface area contributed by atoms with Gasteiger partial charge in [-0.05, 0) is 35.2 Å². The molecule has 1 saturated carbocycles. The van der Waals surface area contributed by atoms with Gasteiger partial charge >= 0.3 is 35.7 Å². The van der Waals surface area contributed by atoms with Crippen LogP contribution in [0.3, 0.4) is 0 Å². The summed E-state index contributed by atoms with van der Waals surface area (Å²) < 4.78 is 11.7. The summed E-state index contributed by atoms with van der Waals surface area (Å²) in [6, 6.07) is 34.6.